The average molecular weight is 388 g/mol. The van der Waals surface area contributed by atoms with Gasteiger partial charge in [0.25, 0.3) is 0 Å². The molecule has 1 saturated heterocycles. The minimum Gasteiger partial charge on any atom is -0.348 e. The molecule has 7 nitrogen and oxygen atoms in total. The molecule has 2 fully saturated rings. The molecule has 2 aliphatic heterocycles. The fraction of sp³-hybridized carbons (Fsp3) is 0.762. The molecule has 7 heteroatoms. The van der Waals surface area contributed by atoms with E-state index in [0.29, 0.717) is 6.42 Å². The van der Waals surface area contributed by atoms with Gasteiger partial charge in [0.2, 0.25) is 11.8 Å². The van der Waals surface area contributed by atoms with Crippen LogP contribution in [0.25, 0.3) is 0 Å². The Balaban J connectivity index is 1.43. The number of likely N-dealkylation sites (tertiary alicyclic amines) is 1. The van der Waals surface area contributed by atoms with Crippen molar-refractivity contribution in [2.45, 2.75) is 75.8 Å². The third kappa shape index (κ3) is 3.81. The van der Waals surface area contributed by atoms with E-state index in [-0.39, 0.29) is 29.9 Å². The van der Waals surface area contributed by atoms with E-state index < -0.39 is 0 Å². The van der Waals surface area contributed by atoms with Gasteiger partial charge in [0.1, 0.15) is 0 Å². The molecule has 1 spiro atoms. The van der Waals surface area contributed by atoms with Crippen LogP contribution in [0, 0.1) is 0 Å². The van der Waals surface area contributed by atoms with Crippen LogP contribution in [0.5, 0.6) is 0 Å². The van der Waals surface area contributed by atoms with Crippen molar-refractivity contribution in [2.75, 3.05) is 26.7 Å². The summed E-state index contributed by atoms with van der Waals surface area (Å²) in [6.07, 6.45) is 12.5. The molecular weight excluding hydrogens is 354 g/mol. The predicted octanol–water partition coefficient (Wildman–Crippen LogP) is 1.94. The maximum atomic E-state index is 13.2. The molecule has 3 aliphatic rings. The van der Waals surface area contributed by atoms with E-state index in [2.05, 4.69) is 15.3 Å². The van der Waals surface area contributed by atoms with Crippen molar-refractivity contribution in [1.29, 1.82) is 0 Å². The van der Waals surface area contributed by atoms with Gasteiger partial charge in [0, 0.05) is 32.3 Å². The number of nitrogens with zero attached hydrogens (tertiary/aromatic N) is 3. The van der Waals surface area contributed by atoms with Gasteiger partial charge in [-0.2, -0.15) is 0 Å². The number of hydrogen-bond acceptors (Lipinski definition) is 4. The Morgan fingerprint density at radius 1 is 1.14 bits per heavy atom. The molecular formula is C21H33N5O2. The minimum atomic E-state index is -0.298. The summed E-state index contributed by atoms with van der Waals surface area (Å²) in [5.74, 6) is 0.0801. The van der Waals surface area contributed by atoms with E-state index in [1.54, 1.807) is 18.3 Å². The van der Waals surface area contributed by atoms with E-state index in [0.717, 1.165) is 63.0 Å². The van der Waals surface area contributed by atoms with Gasteiger partial charge in [-0.15, -0.1) is 0 Å². The van der Waals surface area contributed by atoms with Crippen LogP contribution < -0.4 is 5.32 Å². The van der Waals surface area contributed by atoms with Crippen molar-refractivity contribution in [2.24, 2.45) is 0 Å². The largest absolute Gasteiger partial charge is 0.348 e. The summed E-state index contributed by atoms with van der Waals surface area (Å²) in [5.41, 5.74) is 1.98. The van der Waals surface area contributed by atoms with Crippen LogP contribution in [0.1, 0.15) is 69.2 Å². The van der Waals surface area contributed by atoms with Crippen molar-refractivity contribution in [1.82, 2.24) is 25.1 Å². The van der Waals surface area contributed by atoms with E-state index in [1.807, 2.05) is 4.90 Å². The normalized spacial score (nSPS) is 24.5. The Kier molecular flexibility index (Phi) is 5.71. The Labute approximate surface area is 167 Å². The zero-order valence-electron chi connectivity index (χ0n) is 17.0. The topological polar surface area (TPSA) is 81.3 Å². The van der Waals surface area contributed by atoms with Gasteiger partial charge in [0.15, 0.2) is 0 Å². The molecule has 1 aliphatic carbocycles. The van der Waals surface area contributed by atoms with E-state index >= 15 is 0 Å². The molecule has 1 unspecified atom stereocenters. The van der Waals surface area contributed by atoms with Crippen molar-refractivity contribution in [3.8, 4) is 0 Å². The fourth-order valence-electron chi connectivity index (χ4n) is 5.20. The number of rotatable bonds is 3. The number of aromatic nitrogens is 2. The summed E-state index contributed by atoms with van der Waals surface area (Å²) in [5, 5.41) is 3.66. The highest BCUT2D eigenvalue weighted by Crippen LogP contribution is 2.40. The molecule has 4 rings (SSSR count). The number of likely N-dealkylation sites (N-methyl/N-ethyl adjacent to an activating group) is 1. The predicted molar refractivity (Wildman–Crippen MR) is 107 cm³/mol. The molecule has 0 aromatic carbocycles. The first-order valence-corrected chi connectivity index (χ1v) is 10.9. The SMILES string of the molecule is CN(CC(=O)N1CCCCCC1)C(=O)C1Cc2[nH]cnc2C2(CCCCC2)N1. The van der Waals surface area contributed by atoms with Gasteiger partial charge in [-0.25, -0.2) is 4.98 Å². The van der Waals surface area contributed by atoms with Gasteiger partial charge in [-0.1, -0.05) is 32.1 Å². The molecule has 2 amide bonds. The summed E-state index contributed by atoms with van der Waals surface area (Å²) < 4.78 is 0. The lowest BCUT2D eigenvalue weighted by Gasteiger charge is -2.44. The first-order chi connectivity index (χ1) is 13.6. The molecule has 1 aromatic rings. The summed E-state index contributed by atoms with van der Waals surface area (Å²) >= 11 is 0. The van der Waals surface area contributed by atoms with Gasteiger partial charge in [0.05, 0.1) is 30.1 Å². The number of amides is 2. The highest BCUT2D eigenvalue weighted by molar-refractivity contribution is 5.87. The second-order valence-electron chi connectivity index (χ2n) is 8.76. The molecule has 1 saturated carbocycles. The summed E-state index contributed by atoms with van der Waals surface area (Å²) in [6, 6.07) is -0.298. The van der Waals surface area contributed by atoms with Crippen LogP contribution in [0.2, 0.25) is 0 Å². The second-order valence-corrected chi connectivity index (χ2v) is 8.76. The van der Waals surface area contributed by atoms with Crippen molar-refractivity contribution < 1.29 is 9.59 Å². The molecule has 2 N–H and O–H groups in total. The number of fused-ring (bicyclic) bond motifs is 2. The Hall–Kier alpha value is -1.89. The van der Waals surface area contributed by atoms with Gasteiger partial charge >= 0.3 is 0 Å². The Morgan fingerprint density at radius 3 is 2.54 bits per heavy atom. The third-order valence-electron chi connectivity index (χ3n) is 6.74. The number of carbonyl (C=O) groups is 2. The van der Waals surface area contributed by atoms with E-state index in [4.69, 9.17) is 0 Å². The summed E-state index contributed by atoms with van der Waals surface area (Å²) in [4.78, 5) is 37.3. The second kappa shape index (κ2) is 8.23. The fourth-order valence-corrected chi connectivity index (χ4v) is 5.20. The Morgan fingerprint density at radius 2 is 1.82 bits per heavy atom. The lowest BCUT2D eigenvalue weighted by molar-refractivity contribution is -0.141. The highest BCUT2D eigenvalue weighted by Gasteiger charge is 2.45. The number of hydrogen-bond donors (Lipinski definition) is 2. The van der Waals surface area contributed by atoms with Gasteiger partial charge in [-0.3, -0.25) is 14.9 Å². The highest BCUT2D eigenvalue weighted by atomic mass is 16.2. The lowest BCUT2D eigenvalue weighted by atomic mass is 9.75. The van der Waals surface area contributed by atoms with E-state index in [1.165, 1.54) is 19.3 Å². The van der Waals surface area contributed by atoms with Crippen LogP contribution in [0.3, 0.4) is 0 Å². The van der Waals surface area contributed by atoms with Crippen molar-refractivity contribution >= 4 is 11.8 Å². The zero-order chi connectivity index (χ0) is 19.6. The third-order valence-corrected chi connectivity index (χ3v) is 6.74. The maximum Gasteiger partial charge on any atom is 0.242 e. The van der Waals surface area contributed by atoms with Crippen LogP contribution in [-0.4, -0.2) is 64.3 Å². The first-order valence-electron chi connectivity index (χ1n) is 10.9. The van der Waals surface area contributed by atoms with Crippen molar-refractivity contribution in [3.05, 3.63) is 17.7 Å². The van der Waals surface area contributed by atoms with Crippen LogP contribution >= 0.6 is 0 Å². The smallest absolute Gasteiger partial charge is 0.242 e. The van der Waals surface area contributed by atoms with Crippen molar-refractivity contribution in [3.63, 3.8) is 0 Å². The quantitative estimate of drug-likeness (QED) is 0.831. The number of nitrogens with one attached hydrogen (secondary N) is 2. The lowest BCUT2D eigenvalue weighted by Crippen LogP contribution is -2.59. The van der Waals surface area contributed by atoms with Crippen LogP contribution in [0.15, 0.2) is 6.33 Å². The summed E-state index contributed by atoms with van der Waals surface area (Å²) in [6.45, 7) is 1.81. The summed E-state index contributed by atoms with van der Waals surface area (Å²) in [7, 11) is 1.76. The molecule has 1 atom stereocenters. The first kappa shape index (κ1) is 19.4. The number of H-pyrrole nitrogens is 1. The number of imidazole rings is 1. The molecule has 0 bridgehead atoms. The van der Waals surface area contributed by atoms with Crippen LogP contribution in [0.4, 0.5) is 0 Å². The number of aromatic amines is 1. The van der Waals surface area contributed by atoms with Crippen LogP contribution in [-0.2, 0) is 21.5 Å². The standard InChI is InChI=1S/C21H33N5O2/c1-25(14-18(27)26-11-7-2-3-8-12-26)20(28)17-13-16-19(23-15-22-16)21(24-17)9-5-4-6-10-21/h15,17,24H,2-14H2,1H3,(H,22,23). The van der Waals surface area contributed by atoms with E-state index in [9.17, 15) is 9.59 Å². The molecule has 28 heavy (non-hydrogen) atoms. The monoisotopic (exact) mass is 387 g/mol. The molecule has 3 heterocycles. The maximum absolute atomic E-state index is 13.2. The molecule has 0 radical (unpaired) electrons. The van der Waals surface area contributed by atoms with Gasteiger partial charge < -0.3 is 14.8 Å². The molecule has 1 aromatic heterocycles. The zero-order valence-corrected chi connectivity index (χ0v) is 17.0. The Bertz CT molecular complexity index is 701. The average Bonchev–Trinajstić information content (AvgIpc) is 3.02. The number of carbonyl (C=O) groups excluding carboxylic acids is 2. The van der Waals surface area contributed by atoms with Gasteiger partial charge in [-0.05, 0) is 25.7 Å². The molecule has 154 valence electrons. The minimum absolute atomic E-state index is 0.00775.